The first kappa shape index (κ1) is 17.3. The molecule has 118 valence electrons. The third-order valence-electron chi connectivity index (χ3n) is 2.71. The monoisotopic (exact) mass is 305 g/mol. The zero-order chi connectivity index (χ0) is 15.9. The summed E-state index contributed by atoms with van der Waals surface area (Å²) < 4.78 is 42.6. The Hall–Kier alpha value is -1.80. The van der Waals surface area contributed by atoms with Crippen molar-refractivity contribution >= 4 is 11.6 Å². The van der Waals surface area contributed by atoms with Crippen LogP contribution in [0.3, 0.4) is 0 Å². The van der Waals surface area contributed by atoms with Crippen LogP contribution in [0.5, 0.6) is 0 Å². The molecule has 8 heteroatoms. The second kappa shape index (κ2) is 7.84. The molecule has 0 saturated carbocycles. The summed E-state index contributed by atoms with van der Waals surface area (Å²) in [5.41, 5.74) is 4.32. The second-order valence-electron chi connectivity index (χ2n) is 4.29. The summed E-state index contributed by atoms with van der Waals surface area (Å²) in [5.74, 6) is -0.907. The number of halogens is 3. The standard InChI is InChI=1S/C13H18F3N3O2/c1-21-7-6-18-4-5-19-11-3-2-9(13(14,15)16)8-10(11)12(17)20/h2-3,8,18-19H,4-7H2,1H3,(H2,17,20). The maximum atomic E-state index is 12.6. The van der Waals surface area contributed by atoms with E-state index >= 15 is 0 Å². The lowest BCUT2D eigenvalue weighted by molar-refractivity contribution is -0.137. The van der Waals surface area contributed by atoms with Gasteiger partial charge >= 0.3 is 6.18 Å². The highest BCUT2D eigenvalue weighted by Crippen LogP contribution is 2.31. The van der Waals surface area contributed by atoms with Crippen molar-refractivity contribution in [3.8, 4) is 0 Å². The minimum Gasteiger partial charge on any atom is -0.383 e. The van der Waals surface area contributed by atoms with Crippen LogP contribution in [0.25, 0.3) is 0 Å². The van der Waals surface area contributed by atoms with Crippen LogP contribution >= 0.6 is 0 Å². The zero-order valence-corrected chi connectivity index (χ0v) is 11.6. The van der Waals surface area contributed by atoms with E-state index in [9.17, 15) is 18.0 Å². The lowest BCUT2D eigenvalue weighted by Crippen LogP contribution is -2.26. The predicted octanol–water partition coefficient (Wildman–Crippen LogP) is 1.45. The van der Waals surface area contributed by atoms with Gasteiger partial charge in [-0.05, 0) is 18.2 Å². The van der Waals surface area contributed by atoms with Crippen molar-refractivity contribution in [2.24, 2.45) is 5.73 Å². The fraction of sp³-hybridized carbons (Fsp3) is 0.462. The fourth-order valence-electron chi connectivity index (χ4n) is 1.66. The van der Waals surface area contributed by atoms with Gasteiger partial charge in [-0.2, -0.15) is 13.2 Å². The lowest BCUT2D eigenvalue weighted by Gasteiger charge is -2.13. The number of amides is 1. The lowest BCUT2D eigenvalue weighted by atomic mass is 10.1. The van der Waals surface area contributed by atoms with Crippen molar-refractivity contribution in [3.63, 3.8) is 0 Å². The highest BCUT2D eigenvalue weighted by atomic mass is 19.4. The molecule has 0 saturated heterocycles. The molecule has 0 radical (unpaired) electrons. The Balaban J connectivity index is 2.67. The Kier molecular flexibility index (Phi) is 6.44. The Morgan fingerprint density at radius 2 is 2.00 bits per heavy atom. The minimum atomic E-state index is -4.51. The predicted molar refractivity (Wildman–Crippen MR) is 73.2 cm³/mol. The summed E-state index contributed by atoms with van der Waals surface area (Å²) in [6, 6.07) is 2.87. The molecule has 21 heavy (non-hydrogen) atoms. The topological polar surface area (TPSA) is 76.4 Å². The van der Waals surface area contributed by atoms with Gasteiger partial charge in [-0.3, -0.25) is 4.79 Å². The number of rotatable bonds is 8. The number of hydrogen-bond acceptors (Lipinski definition) is 4. The van der Waals surface area contributed by atoms with Crippen molar-refractivity contribution in [2.45, 2.75) is 6.18 Å². The number of hydrogen-bond donors (Lipinski definition) is 3. The number of ether oxygens (including phenoxy) is 1. The van der Waals surface area contributed by atoms with Crippen LogP contribution in [0.2, 0.25) is 0 Å². The summed E-state index contributed by atoms with van der Waals surface area (Å²) in [4.78, 5) is 11.3. The average Bonchev–Trinajstić information content (AvgIpc) is 2.41. The first-order valence-corrected chi connectivity index (χ1v) is 6.31. The van der Waals surface area contributed by atoms with Crippen molar-refractivity contribution in [2.75, 3.05) is 38.7 Å². The Labute approximate surface area is 120 Å². The second-order valence-corrected chi connectivity index (χ2v) is 4.29. The van der Waals surface area contributed by atoms with Gasteiger partial charge in [-0.25, -0.2) is 0 Å². The minimum absolute atomic E-state index is 0.179. The van der Waals surface area contributed by atoms with E-state index in [-0.39, 0.29) is 11.3 Å². The van der Waals surface area contributed by atoms with Gasteiger partial charge < -0.3 is 21.1 Å². The van der Waals surface area contributed by atoms with Crippen LogP contribution in [0, 0.1) is 0 Å². The number of carbonyl (C=O) groups is 1. The van der Waals surface area contributed by atoms with Crippen LogP contribution in [0.1, 0.15) is 15.9 Å². The smallest absolute Gasteiger partial charge is 0.383 e. The molecule has 1 aromatic rings. The number of methoxy groups -OCH3 is 1. The Morgan fingerprint density at radius 1 is 1.29 bits per heavy atom. The number of nitrogens with one attached hydrogen (secondary N) is 2. The summed E-state index contributed by atoms with van der Waals surface area (Å²) in [7, 11) is 1.58. The summed E-state index contributed by atoms with van der Waals surface area (Å²) in [5, 5.41) is 5.94. The van der Waals surface area contributed by atoms with Gasteiger partial charge in [0, 0.05) is 32.4 Å². The third kappa shape index (κ3) is 5.60. The molecule has 0 unspecified atom stereocenters. The van der Waals surface area contributed by atoms with Crippen LogP contribution in [0.4, 0.5) is 18.9 Å². The van der Waals surface area contributed by atoms with Crippen molar-refractivity contribution in [3.05, 3.63) is 29.3 Å². The Morgan fingerprint density at radius 3 is 2.57 bits per heavy atom. The van der Waals surface area contributed by atoms with Crippen LogP contribution in [-0.2, 0) is 10.9 Å². The number of benzene rings is 1. The van der Waals surface area contributed by atoms with Crippen molar-refractivity contribution in [1.82, 2.24) is 5.32 Å². The zero-order valence-electron chi connectivity index (χ0n) is 11.6. The maximum Gasteiger partial charge on any atom is 0.416 e. The quantitative estimate of drug-likeness (QED) is 0.635. The molecule has 1 amide bonds. The highest BCUT2D eigenvalue weighted by Gasteiger charge is 2.31. The first-order chi connectivity index (χ1) is 9.86. The van der Waals surface area contributed by atoms with Crippen LogP contribution in [-0.4, -0.2) is 39.3 Å². The van der Waals surface area contributed by atoms with E-state index in [1.165, 1.54) is 6.07 Å². The first-order valence-electron chi connectivity index (χ1n) is 6.31. The molecule has 0 heterocycles. The molecule has 4 N–H and O–H groups in total. The van der Waals surface area contributed by atoms with E-state index in [0.717, 1.165) is 12.1 Å². The molecule has 0 aromatic heterocycles. The number of primary amides is 1. The third-order valence-corrected chi connectivity index (χ3v) is 2.71. The van der Waals surface area contributed by atoms with Crippen molar-refractivity contribution < 1.29 is 22.7 Å². The van der Waals surface area contributed by atoms with Gasteiger partial charge in [-0.1, -0.05) is 0 Å². The molecule has 0 aliphatic heterocycles. The van der Waals surface area contributed by atoms with Gasteiger partial charge in [0.25, 0.3) is 5.91 Å². The summed E-state index contributed by atoms with van der Waals surface area (Å²) >= 11 is 0. The van der Waals surface area contributed by atoms with Gasteiger partial charge in [0.05, 0.1) is 17.7 Å². The molecule has 0 spiro atoms. The summed E-state index contributed by atoms with van der Waals surface area (Å²) in [6.45, 7) is 2.23. The van der Waals surface area contributed by atoms with Crippen molar-refractivity contribution in [1.29, 1.82) is 0 Å². The molecular weight excluding hydrogens is 287 g/mol. The number of carbonyl (C=O) groups excluding carboxylic acids is 1. The molecule has 5 nitrogen and oxygen atoms in total. The molecule has 0 bridgehead atoms. The molecule has 1 aromatic carbocycles. The molecule has 0 fully saturated rings. The van der Waals surface area contributed by atoms with E-state index < -0.39 is 17.6 Å². The Bertz CT molecular complexity index is 478. The van der Waals surface area contributed by atoms with Gasteiger partial charge in [-0.15, -0.1) is 0 Å². The normalized spacial score (nSPS) is 11.4. The van der Waals surface area contributed by atoms with Gasteiger partial charge in [0.1, 0.15) is 0 Å². The molecule has 0 aliphatic carbocycles. The van der Waals surface area contributed by atoms with Crippen LogP contribution in [0.15, 0.2) is 18.2 Å². The summed E-state index contributed by atoms with van der Waals surface area (Å²) in [6.07, 6.45) is -4.51. The molecule has 0 aliphatic rings. The number of alkyl halides is 3. The number of anilines is 1. The molecule has 1 rings (SSSR count). The molecule has 0 atom stereocenters. The SMILES string of the molecule is COCCNCCNc1ccc(C(F)(F)F)cc1C(N)=O. The largest absolute Gasteiger partial charge is 0.416 e. The van der Waals surface area contributed by atoms with E-state index in [0.29, 0.717) is 26.2 Å². The van der Waals surface area contributed by atoms with E-state index in [1.807, 2.05) is 0 Å². The van der Waals surface area contributed by atoms with Gasteiger partial charge in [0.15, 0.2) is 0 Å². The molecular formula is C13H18F3N3O2. The van der Waals surface area contributed by atoms with E-state index in [1.54, 1.807) is 7.11 Å². The highest BCUT2D eigenvalue weighted by molar-refractivity contribution is 5.98. The average molecular weight is 305 g/mol. The van der Waals surface area contributed by atoms with Crippen LogP contribution < -0.4 is 16.4 Å². The van der Waals surface area contributed by atoms with Gasteiger partial charge in [0.2, 0.25) is 0 Å². The van der Waals surface area contributed by atoms with E-state index in [2.05, 4.69) is 10.6 Å². The maximum absolute atomic E-state index is 12.6. The fourth-order valence-corrected chi connectivity index (χ4v) is 1.66. The van der Waals surface area contributed by atoms with E-state index in [4.69, 9.17) is 10.5 Å². The number of nitrogens with two attached hydrogens (primary N) is 1.